The number of Topliss-reactive ketones (excluding diaryl/α,β-unsaturated/α-hetero) is 1. The maximum atomic E-state index is 13.5. The van der Waals surface area contributed by atoms with Crippen molar-refractivity contribution >= 4 is 11.8 Å². The summed E-state index contributed by atoms with van der Waals surface area (Å²) in [6, 6.07) is 8.68. The lowest BCUT2D eigenvalue weighted by Crippen LogP contribution is -2.45. The Kier molecular flexibility index (Phi) is 3.19. The Morgan fingerprint density at radius 3 is 2.77 bits per heavy atom. The van der Waals surface area contributed by atoms with E-state index in [1.54, 1.807) is 31.2 Å². The van der Waals surface area contributed by atoms with Gasteiger partial charge in [-0.25, -0.2) is 4.79 Å². The molecule has 2 atom stereocenters. The summed E-state index contributed by atoms with van der Waals surface area (Å²) in [5, 5.41) is 9.73. The molecule has 4 rings (SSSR count). The molecule has 26 heavy (non-hydrogen) atoms. The fraction of sp³-hybridized carbons (Fsp3) is 0.316. The molecule has 132 valence electrons. The van der Waals surface area contributed by atoms with Gasteiger partial charge < -0.3 is 19.9 Å². The number of ketones is 1. The number of carbonyl (C=O) groups excluding carboxylic acids is 2. The molecule has 0 saturated carbocycles. The van der Waals surface area contributed by atoms with Gasteiger partial charge in [0.1, 0.15) is 23.0 Å². The van der Waals surface area contributed by atoms with E-state index >= 15 is 0 Å². The van der Waals surface area contributed by atoms with Crippen LogP contribution in [0.4, 0.5) is 0 Å². The van der Waals surface area contributed by atoms with Gasteiger partial charge in [0.2, 0.25) is 5.88 Å². The van der Waals surface area contributed by atoms with Crippen LogP contribution in [-0.2, 0) is 24.8 Å². The SMILES string of the molecule is CCCOC(=O)C1=C(C)O[C@]23OC(N)=C(C#N)[C@@]12C(=O)c1ccccc13. The number of ether oxygens (including phenoxy) is 3. The third-order valence-electron chi connectivity index (χ3n) is 5.01. The zero-order chi connectivity index (χ0) is 18.7. The predicted octanol–water partition coefficient (Wildman–Crippen LogP) is 2.00. The maximum absolute atomic E-state index is 13.5. The van der Waals surface area contributed by atoms with E-state index in [-0.39, 0.29) is 29.4 Å². The summed E-state index contributed by atoms with van der Waals surface area (Å²) in [7, 11) is 0. The van der Waals surface area contributed by atoms with Gasteiger partial charge in [-0.3, -0.25) is 4.79 Å². The molecule has 7 heteroatoms. The summed E-state index contributed by atoms with van der Waals surface area (Å²) in [5.74, 6) is -2.87. The molecule has 0 spiro atoms. The Morgan fingerprint density at radius 1 is 1.35 bits per heavy atom. The van der Waals surface area contributed by atoms with E-state index in [2.05, 4.69) is 0 Å². The van der Waals surface area contributed by atoms with Gasteiger partial charge in [-0.05, 0) is 13.3 Å². The van der Waals surface area contributed by atoms with Crippen molar-refractivity contribution < 1.29 is 23.8 Å². The monoisotopic (exact) mass is 352 g/mol. The molecule has 2 aliphatic heterocycles. The van der Waals surface area contributed by atoms with Crippen LogP contribution >= 0.6 is 0 Å². The van der Waals surface area contributed by atoms with Gasteiger partial charge in [0, 0.05) is 11.1 Å². The molecular formula is C19H16N2O5. The molecular weight excluding hydrogens is 336 g/mol. The van der Waals surface area contributed by atoms with Crippen LogP contribution in [0.5, 0.6) is 0 Å². The topological polar surface area (TPSA) is 112 Å². The molecule has 0 amide bonds. The highest BCUT2D eigenvalue weighted by Crippen LogP contribution is 2.69. The smallest absolute Gasteiger partial charge is 0.339 e. The van der Waals surface area contributed by atoms with Crippen LogP contribution in [0.15, 0.2) is 47.1 Å². The van der Waals surface area contributed by atoms with Gasteiger partial charge in [0.05, 0.1) is 6.61 Å². The van der Waals surface area contributed by atoms with Crippen LogP contribution in [0.3, 0.4) is 0 Å². The zero-order valence-electron chi connectivity index (χ0n) is 14.3. The van der Waals surface area contributed by atoms with Gasteiger partial charge in [0.15, 0.2) is 11.2 Å². The highest BCUT2D eigenvalue weighted by Gasteiger charge is 2.80. The lowest BCUT2D eigenvalue weighted by Gasteiger charge is -2.31. The molecule has 0 radical (unpaired) electrons. The summed E-state index contributed by atoms with van der Waals surface area (Å²) < 4.78 is 17.0. The molecule has 0 bridgehead atoms. The summed E-state index contributed by atoms with van der Waals surface area (Å²) in [4.78, 5) is 26.3. The standard InChI is InChI=1S/C19H16N2O5/c1-3-8-24-17(23)14-10(2)25-19-12-7-5-4-6-11(12)15(22)18(14,19)13(9-20)16(21)26-19/h4-7H,3,8,21H2,1-2H3/t18-,19+/m0/s1. The molecule has 3 aliphatic rings. The summed E-state index contributed by atoms with van der Waals surface area (Å²) in [5.41, 5.74) is 4.77. The van der Waals surface area contributed by atoms with E-state index in [0.717, 1.165) is 0 Å². The second kappa shape index (κ2) is 5.11. The largest absolute Gasteiger partial charge is 0.462 e. The minimum atomic E-state index is -1.77. The predicted molar refractivity (Wildman–Crippen MR) is 87.8 cm³/mol. The average molecular weight is 352 g/mol. The van der Waals surface area contributed by atoms with E-state index in [9.17, 15) is 14.9 Å². The Balaban J connectivity index is 2.02. The second-order valence-electron chi connectivity index (χ2n) is 6.36. The van der Waals surface area contributed by atoms with E-state index in [1.807, 2.05) is 13.0 Å². The second-order valence-corrected chi connectivity index (χ2v) is 6.36. The van der Waals surface area contributed by atoms with Crippen molar-refractivity contribution in [1.29, 1.82) is 5.26 Å². The first kappa shape index (κ1) is 16.2. The van der Waals surface area contributed by atoms with E-state index in [1.165, 1.54) is 0 Å². The average Bonchev–Trinajstić information content (AvgIpc) is 3.10. The third kappa shape index (κ3) is 1.53. The van der Waals surface area contributed by atoms with Crippen molar-refractivity contribution in [2.75, 3.05) is 6.61 Å². The number of nitrogens with zero attached hydrogens (tertiary/aromatic N) is 1. The molecule has 0 saturated heterocycles. The number of esters is 1. The number of hydrogen-bond donors (Lipinski definition) is 1. The van der Waals surface area contributed by atoms with Gasteiger partial charge in [0.25, 0.3) is 0 Å². The van der Waals surface area contributed by atoms with Crippen molar-refractivity contribution in [1.82, 2.24) is 0 Å². The van der Waals surface area contributed by atoms with E-state index < -0.39 is 23.0 Å². The number of benzene rings is 1. The quantitative estimate of drug-likeness (QED) is 0.828. The van der Waals surface area contributed by atoms with Gasteiger partial charge in [-0.15, -0.1) is 0 Å². The molecule has 1 aliphatic carbocycles. The molecule has 1 aromatic rings. The number of hydrogen-bond acceptors (Lipinski definition) is 7. The fourth-order valence-corrected chi connectivity index (χ4v) is 4.11. The van der Waals surface area contributed by atoms with Crippen LogP contribution in [0, 0.1) is 16.7 Å². The minimum absolute atomic E-state index is 0.0239. The Bertz CT molecular complexity index is 970. The van der Waals surface area contributed by atoms with Crippen molar-refractivity contribution in [2.45, 2.75) is 26.1 Å². The summed E-state index contributed by atoms with van der Waals surface area (Å²) in [6.07, 6.45) is 0.616. The molecule has 2 N–H and O–H groups in total. The Labute approximate surface area is 149 Å². The zero-order valence-corrected chi connectivity index (χ0v) is 14.3. The summed E-state index contributed by atoms with van der Waals surface area (Å²) in [6.45, 7) is 3.60. The van der Waals surface area contributed by atoms with Gasteiger partial charge in [-0.1, -0.05) is 31.2 Å². The molecule has 1 aromatic carbocycles. The number of rotatable bonds is 3. The summed E-state index contributed by atoms with van der Waals surface area (Å²) >= 11 is 0. The van der Waals surface area contributed by atoms with Crippen molar-refractivity contribution in [3.05, 3.63) is 58.2 Å². The van der Waals surface area contributed by atoms with Crippen molar-refractivity contribution in [3.63, 3.8) is 0 Å². The van der Waals surface area contributed by atoms with Crippen LogP contribution in [0.25, 0.3) is 0 Å². The minimum Gasteiger partial charge on any atom is -0.462 e. The highest BCUT2D eigenvalue weighted by molar-refractivity contribution is 6.16. The van der Waals surface area contributed by atoms with Crippen molar-refractivity contribution in [2.24, 2.45) is 11.1 Å². The lowest BCUT2D eigenvalue weighted by atomic mass is 9.69. The Hall–Kier alpha value is -3.27. The van der Waals surface area contributed by atoms with Crippen LogP contribution < -0.4 is 5.73 Å². The normalized spacial score (nSPS) is 28.1. The lowest BCUT2D eigenvalue weighted by molar-refractivity contribution is -0.199. The maximum Gasteiger partial charge on any atom is 0.339 e. The first-order valence-electron chi connectivity index (χ1n) is 8.26. The number of fused-ring (bicyclic) bond motifs is 1. The van der Waals surface area contributed by atoms with Gasteiger partial charge in [-0.2, -0.15) is 5.26 Å². The third-order valence-corrected chi connectivity index (χ3v) is 5.01. The Morgan fingerprint density at radius 2 is 2.08 bits per heavy atom. The number of carbonyl (C=O) groups is 2. The van der Waals surface area contributed by atoms with Crippen LogP contribution in [0.1, 0.15) is 36.2 Å². The first-order valence-corrected chi connectivity index (χ1v) is 8.26. The van der Waals surface area contributed by atoms with Crippen molar-refractivity contribution in [3.8, 4) is 6.07 Å². The van der Waals surface area contributed by atoms with Gasteiger partial charge >= 0.3 is 11.8 Å². The molecule has 0 unspecified atom stereocenters. The van der Waals surface area contributed by atoms with Crippen LogP contribution in [-0.4, -0.2) is 18.4 Å². The number of allylic oxidation sites excluding steroid dienone is 1. The molecule has 7 nitrogen and oxygen atoms in total. The first-order chi connectivity index (χ1) is 12.5. The molecule has 0 aromatic heterocycles. The molecule has 0 fully saturated rings. The highest BCUT2D eigenvalue weighted by atomic mass is 16.7. The van der Waals surface area contributed by atoms with E-state index in [4.69, 9.17) is 19.9 Å². The van der Waals surface area contributed by atoms with E-state index in [0.29, 0.717) is 17.5 Å². The number of nitrogens with two attached hydrogens (primary N) is 1. The number of nitriles is 1. The molecule has 2 heterocycles. The fourth-order valence-electron chi connectivity index (χ4n) is 4.11. The van der Waals surface area contributed by atoms with Crippen LogP contribution in [0.2, 0.25) is 0 Å².